The van der Waals surface area contributed by atoms with E-state index >= 15 is 0 Å². The van der Waals surface area contributed by atoms with Gasteiger partial charge in [-0.15, -0.1) is 0 Å². The van der Waals surface area contributed by atoms with Crippen LogP contribution in [0.4, 0.5) is 4.39 Å². The van der Waals surface area contributed by atoms with Gasteiger partial charge in [-0.2, -0.15) is 17.0 Å². The molecule has 2 aliphatic rings. The first kappa shape index (κ1) is 22.2. The molecule has 0 radical (unpaired) electrons. The van der Waals surface area contributed by atoms with Gasteiger partial charge in [-0.25, -0.2) is 4.39 Å². The Morgan fingerprint density at radius 3 is 2.45 bits per heavy atom. The molecular formula is C21H32FN3O3S. The van der Waals surface area contributed by atoms with Crippen LogP contribution in [-0.2, 0) is 21.5 Å². The smallest absolute Gasteiger partial charge is 0.282 e. The highest BCUT2D eigenvalue weighted by atomic mass is 32.2. The summed E-state index contributed by atoms with van der Waals surface area (Å²) in [6, 6.07) is 5.93. The van der Waals surface area contributed by atoms with Crippen LogP contribution in [0.3, 0.4) is 0 Å². The van der Waals surface area contributed by atoms with Crippen molar-refractivity contribution in [2.75, 3.05) is 19.6 Å². The van der Waals surface area contributed by atoms with Gasteiger partial charge in [-0.3, -0.25) is 4.79 Å². The van der Waals surface area contributed by atoms with E-state index in [1.165, 1.54) is 16.4 Å². The van der Waals surface area contributed by atoms with Crippen LogP contribution >= 0.6 is 0 Å². The second kappa shape index (κ2) is 8.70. The van der Waals surface area contributed by atoms with Crippen molar-refractivity contribution < 1.29 is 17.6 Å². The Hall–Kier alpha value is -1.51. The molecule has 0 N–H and O–H groups in total. The average molecular weight is 426 g/mol. The highest BCUT2D eigenvalue weighted by molar-refractivity contribution is 7.86. The molecule has 2 atom stereocenters. The monoisotopic (exact) mass is 425 g/mol. The first-order valence-electron chi connectivity index (χ1n) is 10.6. The summed E-state index contributed by atoms with van der Waals surface area (Å²) in [6.45, 7) is 7.34. The van der Waals surface area contributed by atoms with Crippen LogP contribution in [0.15, 0.2) is 24.3 Å². The summed E-state index contributed by atoms with van der Waals surface area (Å²) in [5, 5.41) is 0. The molecule has 2 saturated heterocycles. The van der Waals surface area contributed by atoms with Gasteiger partial charge >= 0.3 is 0 Å². The summed E-state index contributed by atoms with van der Waals surface area (Å²) in [5.41, 5.74) is 0.275. The SMILES string of the molecule is CCN(CC)S(=O)(=O)N1CC[C@]2(C)[C@H]1CCCCC(=O)N2Cc1ccc(F)cc1. The molecule has 1 aromatic carbocycles. The van der Waals surface area contributed by atoms with Crippen LogP contribution in [0, 0.1) is 5.82 Å². The molecule has 6 nitrogen and oxygen atoms in total. The molecule has 1 amide bonds. The Bertz CT molecular complexity index is 826. The minimum absolute atomic E-state index is 0.0450. The third kappa shape index (κ3) is 4.20. The number of benzene rings is 1. The third-order valence-corrected chi connectivity index (χ3v) is 8.72. The predicted molar refractivity (Wildman–Crippen MR) is 111 cm³/mol. The number of amides is 1. The van der Waals surface area contributed by atoms with Crippen LogP contribution in [-0.4, -0.2) is 59.1 Å². The number of likely N-dealkylation sites (tertiary alicyclic amines) is 1. The second-order valence-electron chi connectivity index (χ2n) is 8.18. The van der Waals surface area contributed by atoms with Crippen molar-refractivity contribution >= 4 is 16.1 Å². The first-order valence-corrected chi connectivity index (χ1v) is 12.0. The Balaban J connectivity index is 1.95. The molecule has 0 aliphatic carbocycles. The van der Waals surface area contributed by atoms with Gasteiger partial charge in [-0.1, -0.05) is 32.4 Å². The van der Waals surface area contributed by atoms with Crippen molar-refractivity contribution in [1.82, 2.24) is 13.5 Å². The van der Waals surface area contributed by atoms with E-state index in [0.717, 1.165) is 24.8 Å². The number of fused-ring (bicyclic) bond motifs is 1. The zero-order valence-corrected chi connectivity index (χ0v) is 18.4. The van der Waals surface area contributed by atoms with Gasteiger partial charge in [0.1, 0.15) is 5.82 Å². The van der Waals surface area contributed by atoms with Crippen molar-refractivity contribution in [3.05, 3.63) is 35.6 Å². The van der Waals surface area contributed by atoms with E-state index < -0.39 is 15.7 Å². The molecular weight excluding hydrogens is 393 g/mol. The van der Waals surface area contributed by atoms with Crippen LogP contribution in [0.2, 0.25) is 0 Å². The van der Waals surface area contributed by atoms with Gasteiger partial charge in [0.05, 0.1) is 5.54 Å². The lowest BCUT2D eigenvalue weighted by molar-refractivity contribution is -0.140. The van der Waals surface area contributed by atoms with Crippen LogP contribution < -0.4 is 0 Å². The Morgan fingerprint density at radius 1 is 1.17 bits per heavy atom. The molecule has 8 heteroatoms. The molecule has 2 aliphatic heterocycles. The lowest BCUT2D eigenvalue weighted by Gasteiger charge is -2.46. The number of hydrogen-bond donors (Lipinski definition) is 0. The van der Waals surface area contributed by atoms with E-state index in [1.807, 2.05) is 25.7 Å². The first-order chi connectivity index (χ1) is 13.7. The van der Waals surface area contributed by atoms with Gasteiger partial charge in [0.25, 0.3) is 10.2 Å². The molecule has 2 heterocycles. The Labute approximate surface area is 173 Å². The quantitative estimate of drug-likeness (QED) is 0.703. The topological polar surface area (TPSA) is 60.9 Å². The molecule has 1 aromatic rings. The van der Waals surface area contributed by atoms with E-state index in [0.29, 0.717) is 39.0 Å². The van der Waals surface area contributed by atoms with E-state index in [2.05, 4.69) is 0 Å². The van der Waals surface area contributed by atoms with Crippen molar-refractivity contribution in [2.45, 2.75) is 71.0 Å². The lowest BCUT2D eigenvalue weighted by Crippen LogP contribution is -2.59. The number of carbonyl (C=O) groups excluding carboxylic acids is 1. The summed E-state index contributed by atoms with van der Waals surface area (Å²) in [5.74, 6) is -0.266. The van der Waals surface area contributed by atoms with Crippen molar-refractivity contribution in [3.8, 4) is 0 Å². The van der Waals surface area contributed by atoms with Crippen molar-refractivity contribution in [2.24, 2.45) is 0 Å². The summed E-state index contributed by atoms with van der Waals surface area (Å²) in [6.07, 6.45) is 3.40. The van der Waals surface area contributed by atoms with E-state index in [1.54, 1.807) is 16.4 Å². The third-order valence-electron chi connectivity index (χ3n) is 6.52. The maximum absolute atomic E-state index is 13.3. The fraction of sp³-hybridized carbons (Fsp3) is 0.667. The normalized spacial score (nSPS) is 26.4. The van der Waals surface area contributed by atoms with Crippen LogP contribution in [0.25, 0.3) is 0 Å². The minimum Gasteiger partial charge on any atom is -0.331 e. The van der Waals surface area contributed by atoms with E-state index in [9.17, 15) is 17.6 Å². The van der Waals surface area contributed by atoms with Gasteiger partial charge < -0.3 is 4.90 Å². The maximum atomic E-state index is 13.3. The standard InChI is InChI=1S/C21H32FN3O3S/c1-4-23(5-2)29(27,28)25-15-14-21(3)19(25)8-6-7-9-20(26)24(21)16-17-10-12-18(22)13-11-17/h10-13,19H,4-9,14-16H2,1-3H3/t19-,21-/m1/s1. The van der Waals surface area contributed by atoms with Crippen LogP contribution in [0.5, 0.6) is 0 Å². The summed E-state index contributed by atoms with van der Waals surface area (Å²) in [4.78, 5) is 14.9. The molecule has 0 unspecified atom stereocenters. The minimum atomic E-state index is -3.58. The molecule has 0 bridgehead atoms. The highest BCUT2D eigenvalue weighted by Crippen LogP contribution is 2.41. The molecule has 162 valence electrons. The fourth-order valence-corrected chi connectivity index (χ4v) is 6.71. The number of rotatable bonds is 6. The van der Waals surface area contributed by atoms with Gasteiger partial charge in [0.2, 0.25) is 5.91 Å². The number of hydrogen-bond acceptors (Lipinski definition) is 3. The highest BCUT2D eigenvalue weighted by Gasteiger charge is 2.53. The molecule has 29 heavy (non-hydrogen) atoms. The van der Waals surface area contributed by atoms with Gasteiger partial charge in [0, 0.05) is 38.6 Å². The summed E-state index contributed by atoms with van der Waals surface area (Å²) >= 11 is 0. The van der Waals surface area contributed by atoms with Crippen LogP contribution in [0.1, 0.15) is 58.4 Å². The predicted octanol–water partition coefficient (Wildman–Crippen LogP) is 3.15. The van der Waals surface area contributed by atoms with E-state index in [4.69, 9.17) is 0 Å². The number of carbonyl (C=O) groups is 1. The maximum Gasteiger partial charge on any atom is 0.282 e. The average Bonchev–Trinajstić information content (AvgIpc) is 3.02. The molecule has 2 fully saturated rings. The zero-order valence-electron chi connectivity index (χ0n) is 17.6. The number of nitrogens with zero attached hydrogens (tertiary/aromatic N) is 3. The van der Waals surface area contributed by atoms with Gasteiger partial charge in [0.15, 0.2) is 0 Å². The largest absolute Gasteiger partial charge is 0.331 e. The molecule has 0 aromatic heterocycles. The van der Waals surface area contributed by atoms with Gasteiger partial charge in [-0.05, 0) is 43.9 Å². The summed E-state index contributed by atoms with van der Waals surface area (Å²) in [7, 11) is -3.58. The molecule has 3 rings (SSSR count). The molecule has 0 saturated carbocycles. The zero-order chi connectivity index (χ0) is 21.2. The lowest BCUT2D eigenvalue weighted by atomic mass is 9.84. The summed E-state index contributed by atoms with van der Waals surface area (Å²) < 4.78 is 43.0. The van der Waals surface area contributed by atoms with Crippen molar-refractivity contribution in [3.63, 3.8) is 0 Å². The number of halogens is 1. The fourth-order valence-electron chi connectivity index (χ4n) is 4.79. The van der Waals surface area contributed by atoms with E-state index in [-0.39, 0.29) is 17.8 Å². The molecule has 0 spiro atoms. The van der Waals surface area contributed by atoms with Crippen molar-refractivity contribution in [1.29, 1.82) is 0 Å². The Kier molecular flexibility index (Phi) is 6.65. The second-order valence-corrected chi connectivity index (χ2v) is 10.1. The Morgan fingerprint density at radius 2 is 1.83 bits per heavy atom.